The van der Waals surface area contributed by atoms with Gasteiger partial charge >= 0.3 is 0 Å². The van der Waals surface area contributed by atoms with E-state index in [1.165, 1.54) is 6.08 Å². The monoisotopic (exact) mass is 120 g/mol. The molecule has 0 unspecified atom stereocenters. The Bertz CT molecular complexity index is 167. The van der Waals surface area contributed by atoms with Gasteiger partial charge in [-0.1, -0.05) is 24.5 Å². The second-order valence-electron chi connectivity index (χ2n) is 1.30. The lowest BCUT2D eigenvalue weighted by molar-refractivity contribution is -0.107. The van der Waals surface area contributed by atoms with Crippen molar-refractivity contribution in [2.45, 2.75) is 6.42 Å². The molecule has 0 bridgehead atoms. The molecule has 0 atom stereocenters. The van der Waals surface area contributed by atoms with Crippen molar-refractivity contribution >= 4 is 6.29 Å². The third-order valence-corrected chi connectivity index (χ3v) is 0.619. The molecule has 0 aliphatic heterocycles. The molecule has 0 aliphatic rings. The third-order valence-electron chi connectivity index (χ3n) is 0.619. The van der Waals surface area contributed by atoms with Crippen LogP contribution in [0.1, 0.15) is 6.42 Å². The van der Waals surface area contributed by atoms with Crippen LogP contribution in [0.4, 0.5) is 0 Å². The molecule has 0 saturated heterocycles. The van der Waals surface area contributed by atoms with E-state index < -0.39 is 0 Å². The van der Waals surface area contributed by atoms with Crippen molar-refractivity contribution in [3.63, 3.8) is 0 Å². The van der Waals surface area contributed by atoms with Crippen molar-refractivity contribution in [2.75, 3.05) is 0 Å². The molecule has 0 aromatic heterocycles. The van der Waals surface area contributed by atoms with Gasteiger partial charge in [0.2, 0.25) is 0 Å². The van der Waals surface area contributed by atoms with Gasteiger partial charge in [-0.15, -0.1) is 0 Å². The van der Waals surface area contributed by atoms with Crippen molar-refractivity contribution in [3.05, 3.63) is 24.8 Å². The Kier molecular flexibility index (Phi) is 5.75. The maximum atomic E-state index is 9.72. The number of aldehydes is 1. The molecule has 0 heterocycles. The Labute approximate surface area is 55.1 Å². The van der Waals surface area contributed by atoms with Crippen molar-refractivity contribution in [1.82, 2.24) is 0 Å². The van der Waals surface area contributed by atoms with Gasteiger partial charge in [0, 0.05) is 6.42 Å². The fourth-order valence-electron chi connectivity index (χ4n) is 0.290. The molecule has 0 saturated carbocycles. The van der Waals surface area contributed by atoms with Crippen LogP contribution in [0.25, 0.3) is 0 Å². The van der Waals surface area contributed by atoms with Gasteiger partial charge in [0.25, 0.3) is 0 Å². The van der Waals surface area contributed by atoms with Gasteiger partial charge < -0.3 is 4.79 Å². The lowest BCUT2D eigenvalue weighted by Crippen LogP contribution is -1.63. The van der Waals surface area contributed by atoms with E-state index in [2.05, 4.69) is 18.4 Å². The summed E-state index contributed by atoms with van der Waals surface area (Å²) in [7, 11) is 0. The molecule has 46 valence electrons. The van der Waals surface area contributed by atoms with Crippen LogP contribution in [-0.4, -0.2) is 6.29 Å². The van der Waals surface area contributed by atoms with Gasteiger partial charge in [-0.2, -0.15) is 0 Å². The summed E-state index contributed by atoms with van der Waals surface area (Å²) in [5, 5.41) is 0. The lowest BCUT2D eigenvalue weighted by atomic mass is 10.4. The largest absolute Gasteiger partial charge is 0.303 e. The van der Waals surface area contributed by atoms with E-state index in [9.17, 15) is 4.79 Å². The number of carbonyl (C=O) groups is 1. The molecule has 0 fully saturated rings. The Morgan fingerprint density at radius 1 is 1.44 bits per heavy atom. The van der Waals surface area contributed by atoms with E-state index >= 15 is 0 Å². The summed E-state index contributed by atoms with van der Waals surface area (Å²) in [4.78, 5) is 9.72. The quantitative estimate of drug-likeness (QED) is 0.397. The molecule has 0 spiro atoms. The molecule has 9 heavy (non-hydrogen) atoms. The first-order valence-corrected chi connectivity index (χ1v) is 2.62. The van der Waals surface area contributed by atoms with Crippen molar-refractivity contribution in [3.8, 4) is 11.8 Å². The van der Waals surface area contributed by atoms with Crippen LogP contribution >= 0.6 is 0 Å². The molecule has 0 aromatic rings. The minimum atomic E-state index is 0.436. The zero-order chi connectivity index (χ0) is 6.95. The minimum Gasteiger partial charge on any atom is -0.303 e. The van der Waals surface area contributed by atoms with E-state index in [4.69, 9.17) is 0 Å². The first-order chi connectivity index (χ1) is 4.41. The fourth-order valence-corrected chi connectivity index (χ4v) is 0.290. The summed E-state index contributed by atoms with van der Waals surface area (Å²) >= 11 is 0. The summed E-state index contributed by atoms with van der Waals surface area (Å²) in [6.45, 7) is 3.40. The molecule has 1 heteroatoms. The second-order valence-corrected chi connectivity index (χ2v) is 1.30. The summed E-state index contributed by atoms with van der Waals surface area (Å²) < 4.78 is 0. The van der Waals surface area contributed by atoms with Crippen molar-refractivity contribution in [2.24, 2.45) is 0 Å². The Hall–Kier alpha value is -1.29. The SMILES string of the molecule is C=CC#C/C=C/CC=O. The minimum absolute atomic E-state index is 0.436. The molecule has 0 amide bonds. The molecule has 0 rings (SSSR count). The van der Waals surface area contributed by atoms with E-state index in [1.807, 2.05) is 0 Å². The maximum absolute atomic E-state index is 9.72. The van der Waals surface area contributed by atoms with Gasteiger partial charge in [0.15, 0.2) is 0 Å². The highest BCUT2D eigenvalue weighted by Crippen LogP contribution is 1.74. The topological polar surface area (TPSA) is 17.1 Å². The molecular formula is C8H8O. The van der Waals surface area contributed by atoms with Gasteiger partial charge in [-0.25, -0.2) is 0 Å². The van der Waals surface area contributed by atoms with Crippen LogP contribution in [0.3, 0.4) is 0 Å². The standard InChI is InChI=1S/C8H8O/c1-2-3-4-5-6-7-8-9/h2,5-6,8H,1,7H2/b6-5+. The van der Waals surface area contributed by atoms with Crippen molar-refractivity contribution in [1.29, 1.82) is 0 Å². The maximum Gasteiger partial charge on any atom is 0.123 e. The molecule has 0 aliphatic carbocycles. The Morgan fingerprint density at radius 2 is 2.22 bits per heavy atom. The third kappa shape index (κ3) is 6.71. The molecule has 0 N–H and O–H groups in total. The predicted molar refractivity (Wildman–Crippen MR) is 37.8 cm³/mol. The summed E-state index contributed by atoms with van der Waals surface area (Å²) in [6.07, 6.45) is 6.10. The highest BCUT2D eigenvalue weighted by Gasteiger charge is 1.65. The summed E-state index contributed by atoms with van der Waals surface area (Å²) in [5.74, 6) is 5.28. The number of carbonyl (C=O) groups excluding carboxylic acids is 1. The zero-order valence-corrected chi connectivity index (χ0v) is 5.13. The van der Waals surface area contributed by atoms with E-state index in [1.54, 1.807) is 12.2 Å². The first kappa shape index (κ1) is 7.71. The van der Waals surface area contributed by atoms with Crippen LogP contribution in [0, 0.1) is 11.8 Å². The highest BCUT2D eigenvalue weighted by molar-refractivity contribution is 5.52. The predicted octanol–water partition coefficient (Wildman–Crippen LogP) is 1.32. The Balaban J connectivity index is 3.45. The molecular weight excluding hydrogens is 112 g/mol. The summed E-state index contributed by atoms with van der Waals surface area (Å²) in [5.41, 5.74) is 0. The van der Waals surface area contributed by atoms with Crippen LogP contribution in [0.5, 0.6) is 0 Å². The van der Waals surface area contributed by atoms with Crippen molar-refractivity contribution < 1.29 is 4.79 Å². The number of hydrogen-bond donors (Lipinski definition) is 0. The van der Waals surface area contributed by atoms with E-state index in [0.29, 0.717) is 6.42 Å². The highest BCUT2D eigenvalue weighted by atomic mass is 16.1. The van der Waals surface area contributed by atoms with Gasteiger partial charge in [0.05, 0.1) is 0 Å². The van der Waals surface area contributed by atoms with Gasteiger partial charge in [-0.3, -0.25) is 0 Å². The van der Waals surface area contributed by atoms with Crippen LogP contribution in [0.15, 0.2) is 24.8 Å². The lowest BCUT2D eigenvalue weighted by Gasteiger charge is -1.67. The van der Waals surface area contributed by atoms with Gasteiger partial charge in [0.1, 0.15) is 6.29 Å². The van der Waals surface area contributed by atoms with Crippen LogP contribution in [0.2, 0.25) is 0 Å². The number of hydrogen-bond acceptors (Lipinski definition) is 1. The normalized spacial score (nSPS) is 8.00. The van der Waals surface area contributed by atoms with E-state index in [0.717, 1.165) is 6.29 Å². The van der Waals surface area contributed by atoms with Crippen LogP contribution < -0.4 is 0 Å². The molecule has 1 nitrogen and oxygen atoms in total. The smallest absolute Gasteiger partial charge is 0.123 e. The second kappa shape index (κ2) is 6.71. The first-order valence-electron chi connectivity index (χ1n) is 2.62. The summed E-state index contributed by atoms with van der Waals surface area (Å²) in [6, 6.07) is 0. The molecule has 0 radical (unpaired) electrons. The Morgan fingerprint density at radius 3 is 2.78 bits per heavy atom. The average molecular weight is 120 g/mol. The average Bonchev–Trinajstić information content (AvgIpc) is 1.89. The number of allylic oxidation sites excluding steroid dienone is 3. The number of rotatable bonds is 2. The van der Waals surface area contributed by atoms with Crippen LogP contribution in [-0.2, 0) is 4.79 Å². The van der Waals surface area contributed by atoms with Gasteiger partial charge in [-0.05, 0) is 12.2 Å². The molecule has 0 aromatic carbocycles. The fraction of sp³-hybridized carbons (Fsp3) is 0.125. The van der Waals surface area contributed by atoms with E-state index in [-0.39, 0.29) is 0 Å². The zero-order valence-electron chi connectivity index (χ0n) is 5.13.